The van der Waals surface area contributed by atoms with Crippen molar-refractivity contribution < 1.29 is 9.18 Å². The van der Waals surface area contributed by atoms with Crippen LogP contribution in [0.25, 0.3) is 0 Å². The van der Waals surface area contributed by atoms with E-state index in [2.05, 4.69) is 14.9 Å². The van der Waals surface area contributed by atoms with Gasteiger partial charge in [-0.1, -0.05) is 12.1 Å². The van der Waals surface area contributed by atoms with Gasteiger partial charge in [-0.25, -0.2) is 9.37 Å². The number of aromatic nitrogens is 2. The lowest BCUT2D eigenvalue weighted by atomic mass is 9.98. The van der Waals surface area contributed by atoms with Crippen molar-refractivity contribution >= 4 is 11.6 Å². The summed E-state index contributed by atoms with van der Waals surface area (Å²) in [6.45, 7) is 2.31. The molecule has 2 aliphatic rings. The van der Waals surface area contributed by atoms with Crippen LogP contribution in [0.3, 0.4) is 0 Å². The number of hydrogen-bond donors (Lipinski definition) is 1. The summed E-state index contributed by atoms with van der Waals surface area (Å²) in [6, 6.07) is 6.21. The van der Waals surface area contributed by atoms with Crippen molar-refractivity contribution in [3.8, 4) is 0 Å². The van der Waals surface area contributed by atoms with E-state index in [9.17, 15) is 9.18 Å². The summed E-state index contributed by atoms with van der Waals surface area (Å²) in [5, 5.41) is 3.38. The number of benzene rings is 1. The number of anilines is 1. The van der Waals surface area contributed by atoms with Gasteiger partial charge in [0.25, 0.3) is 0 Å². The number of nitrogens with one attached hydrogen (secondary N) is 1. The monoisotopic (exact) mass is 328 g/mol. The van der Waals surface area contributed by atoms with Crippen LogP contribution in [0, 0.1) is 5.82 Å². The first-order valence-corrected chi connectivity index (χ1v) is 8.54. The molecule has 1 N–H and O–H groups in total. The Morgan fingerprint density at radius 3 is 3.00 bits per heavy atom. The number of aryl methyl sites for hydroxylation is 1. The van der Waals surface area contributed by atoms with Crippen LogP contribution >= 0.6 is 0 Å². The average molecular weight is 328 g/mol. The summed E-state index contributed by atoms with van der Waals surface area (Å²) in [6.07, 6.45) is 6.78. The van der Waals surface area contributed by atoms with Crippen LogP contribution < -0.4 is 10.2 Å². The molecule has 1 amide bonds. The number of rotatable bonds is 4. The standard InChI is InChI=1S/C18H21FN4O/c19-14-5-1-2-6-16(14)23-10-7-15(18(23)24)21-12-13-4-3-9-22-11-8-20-17(13)22/h1-2,5-6,8,11,13,15,21H,3-4,7,9-10,12H2/t13-,15-/m1/s1. The summed E-state index contributed by atoms with van der Waals surface area (Å²) in [5.41, 5.74) is 0.375. The predicted molar refractivity (Wildman–Crippen MR) is 89.4 cm³/mol. The van der Waals surface area contributed by atoms with Crippen molar-refractivity contribution in [1.29, 1.82) is 0 Å². The Hall–Kier alpha value is -2.21. The molecular weight excluding hydrogens is 307 g/mol. The molecule has 2 aliphatic heterocycles. The highest BCUT2D eigenvalue weighted by atomic mass is 19.1. The van der Waals surface area contributed by atoms with E-state index in [0.717, 1.165) is 31.8 Å². The van der Waals surface area contributed by atoms with E-state index in [0.29, 0.717) is 24.6 Å². The third-order valence-corrected chi connectivity index (χ3v) is 5.02. The van der Waals surface area contributed by atoms with E-state index in [1.165, 1.54) is 6.07 Å². The summed E-state index contributed by atoms with van der Waals surface area (Å²) in [5.74, 6) is 1.05. The fourth-order valence-corrected chi connectivity index (χ4v) is 3.76. The van der Waals surface area contributed by atoms with Crippen LogP contribution in [0.5, 0.6) is 0 Å². The number of fused-ring (bicyclic) bond motifs is 1. The van der Waals surface area contributed by atoms with Crippen LogP contribution in [0.15, 0.2) is 36.7 Å². The first-order chi connectivity index (χ1) is 11.7. The lowest BCUT2D eigenvalue weighted by Gasteiger charge is -2.25. The molecule has 0 saturated carbocycles. The van der Waals surface area contributed by atoms with Gasteiger partial charge in [0.05, 0.1) is 11.7 Å². The van der Waals surface area contributed by atoms with Gasteiger partial charge in [0.2, 0.25) is 5.91 Å². The number of nitrogens with zero attached hydrogens (tertiary/aromatic N) is 3. The summed E-state index contributed by atoms with van der Waals surface area (Å²) in [4.78, 5) is 18.6. The van der Waals surface area contributed by atoms with E-state index in [1.54, 1.807) is 23.1 Å². The second kappa shape index (κ2) is 6.36. The van der Waals surface area contributed by atoms with Crippen LogP contribution in [0.4, 0.5) is 10.1 Å². The predicted octanol–water partition coefficient (Wildman–Crippen LogP) is 2.29. The summed E-state index contributed by atoms with van der Waals surface area (Å²) < 4.78 is 16.1. The highest BCUT2D eigenvalue weighted by molar-refractivity contribution is 5.99. The lowest BCUT2D eigenvalue weighted by molar-refractivity contribution is -0.118. The Balaban J connectivity index is 1.41. The van der Waals surface area contributed by atoms with Crippen molar-refractivity contribution in [3.63, 3.8) is 0 Å². The van der Waals surface area contributed by atoms with E-state index in [-0.39, 0.29) is 17.8 Å². The molecule has 2 aromatic rings. The van der Waals surface area contributed by atoms with E-state index < -0.39 is 0 Å². The molecule has 1 fully saturated rings. The maximum atomic E-state index is 13.9. The van der Waals surface area contributed by atoms with E-state index in [4.69, 9.17) is 0 Å². The maximum absolute atomic E-state index is 13.9. The van der Waals surface area contributed by atoms with Gasteiger partial charge >= 0.3 is 0 Å². The Morgan fingerprint density at radius 1 is 1.25 bits per heavy atom. The molecule has 0 spiro atoms. The molecule has 0 bridgehead atoms. The third kappa shape index (κ3) is 2.71. The number of amides is 1. The third-order valence-electron chi connectivity index (χ3n) is 5.02. The van der Waals surface area contributed by atoms with Gasteiger partial charge in [0.1, 0.15) is 11.6 Å². The number of halogens is 1. The van der Waals surface area contributed by atoms with Crippen LogP contribution in [0.1, 0.15) is 31.0 Å². The maximum Gasteiger partial charge on any atom is 0.244 e. The molecule has 0 aliphatic carbocycles. The van der Waals surface area contributed by atoms with E-state index in [1.807, 2.05) is 12.4 Å². The fraction of sp³-hybridized carbons (Fsp3) is 0.444. The zero-order chi connectivity index (χ0) is 16.5. The number of carbonyl (C=O) groups is 1. The molecule has 1 aromatic carbocycles. The van der Waals surface area contributed by atoms with Crippen molar-refractivity contribution in [2.24, 2.45) is 0 Å². The molecule has 4 rings (SSSR count). The second-order valence-corrected chi connectivity index (χ2v) is 6.51. The average Bonchev–Trinajstić information content (AvgIpc) is 3.21. The van der Waals surface area contributed by atoms with Crippen molar-refractivity contribution in [2.75, 3.05) is 18.0 Å². The lowest BCUT2D eigenvalue weighted by Crippen LogP contribution is -2.41. The van der Waals surface area contributed by atoms with Gasteiger partial charge in [-0.3, -0.25) is 4.79 Å². The Kier molecular flexibility index (Phi) is 4.06. The molecule has 1 saturated heterocycles. The molecule has 6 heteroatoms. The molecule has 2 atom stereocenters. The SMILES string of the molecule is O=C1[C@H](NC[C@H]2CCCn3ccnc32)CCN1c1ccccc1F. The first-order valence-electron chi connectivity index (χ1n) is 8.54. The van der Waals surface area contributed by atoms with Gasteiger partial charge in [0, 0.05) is 37.9 Å². The summed E-state index contributed by atoms with van der Waals surface area (Å²) >= 11 is 0. The normalized spacial score (nSPS) is 23.5. The minimum absolute atomic E-state index is 0.0424. The van der Waals surface area contributed by atoms with Gasteiger partial charge in [-0.2, -0.15) is 0 Å². The molecule has 3 heterocycles. The van der Waals surface area contributed by atoms with Crippen LogP contribution in [0.2, 0.25) is 0 Å². The molecule has 1 aromatic heterocycles. The first kappa shape index (κ1) is 15.3. The van der Waals surface area contributed by atoms with Crippen LogP contribution in [-0.4, -0.2) is 34.6 Å². The van der Waals surface area contributed by atoms with Gasteiger partial charge in [-0.05, 0) is 31.4 Å². The van der Waals surface area contributed by atoms with E-state index >= 15 is 0 Å². The molecule has 24 heavy (non-hydrogen) atoms. The second-order valence-electron chi connectivity index (χ2n) is 6.51. The summed E-state index contributed by atoms with van der Waals surface area (Å²) in [7, 11) is 0. The molecule has 5 nitrogen and oxygen atoms in total. The highest BCUT2D eigenvalue weighted by Crippen LogP contribution is 2.27. The zero-order valence-electron chi connectivity index (χ0n) is 13.5. The minimum atomic E-state index is -0.346. The van der Waals surface area contributed by atoms with Crippen molar-refractivity contribution in [1.82, 2.24) is 14.9 Å². The molecular formula is C18H21FN4O. The fourth-order valence-electron chi connectivity index (χ4n) is 3.76. The number of hydrogen-bond acceptors (Lipinski definition) is 3. The number of carbonyl (C=O) groups excluding carboxylic acids is 1. The minimum Gasteiger partial charge on any atom is -0.335 e. The van der Waals surface area contributed by atoms with Crippen molar-refractivity contribution in [3.05, 3.63) is 48.3 Å². The van der Waals surface area contributed by atoms with Crippen LogP contribution in [-0.2, 0) is 11.3 Å². The van der Waals surface area contributed by atoms with Gasteiger partial charge in [0.15, 0.2) is 0 Å². The topological polar surface area (TPSA) is 50.2 Å². The molecule has 0 unspecified atom stereocenters. The zero-order valence-corrected chi connectivity index (χ0v) is 13.5. The van der Waals surface area contributed by atoms with Gasteiger partial charge < -0.3 is 14.8 Å². The number of imidazole rings is 1. The Bertz CT molecular complexity index is 744. The van der Waals surface area contributed by atoms with Gasteiger partial charge in [-0.15, -0.1) is 0 Å². The quantitative estimate of drug-likeness (QED) is 0.937. The number of para-hydroxylation sites is 1. The smallest absolute Gasteiger partial charge is 0.244 e. The molecule has 126 valence electrons. The van der Waals surface area contributed by atoms with Crippen molar-refractivity contribution in [2.45, 2.75) is 37.8 Å². The highest BCUT2D eigenvalue weighted by Gasteiger charge is 2.34. The Morgan fingerprint density at radius 2 is 2.12 bits per heavy atom. The largest absolute Gasteiger partial charge is 0.335 e. The Labute approximate surface area is 140 Å². The molecule has 0 radical (unpaired) electrons.